The molecule has 0 saturated carbocycles. The standard InChI is InChI=1S/C59H34N4O2/c1-2-13-35(14-3-1)37-18-12-19-40(29-37)57-60-58(41-26-27-53-46(31-41)44-22-9-11-24-52(44)64-53)62-59(61-57)47-33-48-55(65-54-28-25-36-15-6-7-20-42(36)56(48)54)34-51(47)63-49-23-10-8-21-43(49)45-30-38-16-4-5-17-39(38)32-50(45)63/h1-34H. The number of para-hydroxylation sites is 2. The zero-order chi connectivity index (χ0) is 42.6. The van der Waals surface area contributed by atoms with Gasteiger partial charge in [0, 0.05) is 55.1 Å². The van der Waals surface area contributed by atoms with E-state index in [4.69, 9.17) is 23.8 Å². The van der Waals surface area contributed by atoms with E-state index in [2.05, 4.69) is 174 Å². The Labute approximate surface area is 371 Å². The SMILES string of the molecule is c1ccc(-c2cccc(-c3nc(-c4ccc5oc6ccccc6c5c4)nc(-c4cc5c(cc4-n4c6ccccc6c6cc7ccccc7cc64)oc4ccc6ccccc6c45)n3)c2)cc1. The largest absolute Gasteiger partial charge is 0.456 e. The molecule has 14 aromatic rings. The number of hydrogen-bond acceptors (Lipinski definition) is 5. The van der Waals surface area contributed by atoms with Crippen molar-refractivity contribution in [1.82, 2.24) is 19.5 Å². The van der Waals surface area contributed by atoms with Crippen LogP contribution in [0.4, 0.5) is 0 Å². The number of aromatic nitrogens is 4. The monoisotopic (exact) mass is 830 g/mol. The lowest BCUT2D eigenvalue weighted by Crippen LogP contribution is -2.04. The zero-order valence-corrected chi connectivity index (χ0v) is 34.7. The molecule has 4 heterocycles. The highest BCUT2D eigenvalue weighted by Gasteiger charge is 2.24. The molecule has 0 aliphatic rings. The summed E-state index contributed by atoms with van der Waals surface area (Å²) in [6.45, 7) is 0. The van der Waals surface area contributed by atoms with Gasteiger partial charge in [0.1, 0.15) is 22.3 Å². The topological polar surface area (TPSA) is 69.9 Å². The minimum Gasteiger partial charge on any atom is -0.456 e. The molecule has 0 atom stereocenters. The maximum absolute atomic E-state index is 6.82. The molecule has 0 spiro atoms. The molecular weight excluding hydrogens is 797 g/mol. The fourth-order valence-electron chi connectivity index (χ4n) is 9.95. The summed E-state index contributed by atoms with van der Waals surface area (Å²) >= 11 is 0. The average Bonchev–Trinajstić information content (AvgIpc) is 4.04. The van der Waals surface area contributed by atoms with Gasteiger partial charge in [-0.15, -0.1) is 0 Å². The van der Waals surface area contributed by atoms with Crippen LogP contribution < -0.4 is 0 Å². The highest BCUT2D eigenvalue weighted by Crippen LogP contribution is 2.43. The smallest absolute Gasteiger partial charge is 0.166 e. The lowest BCUT2D eigenvalue weighted by atomic mass is 10.0. The number of benzene rings is 10. The Morgan fingerprint density at radius 2 is 0.938 bits per heavy atom. The molecule has 6 nitrogen and oxygen atoms in total. The van der Waals surface area contributed by atoms with Gasteiger partial charge in [-0.3, -0.25) is 0 Å². The molecule has 14 rings (SSSR count). The van der Waals surface area contributed by atoms with Gasteiger partial charge in [0.25, 0.3) is 0 Å². The van der Waals surface area contributed by atoms with E-state index in [-0.39, 0.29) is 0 Å². The van der Waals surface area contributed by atoms with Crippen molar-refractivity contribution < 1.29 is 8.83 Å². The molecule has 10 aromatic carbocycles. The van der Waals surface area contributed by atoms with Crippen molar-refractivity contribution in [3.05, 3.63) is 206 Å². The summed E-state index contributed by atoms with van der Waals surface area (Å²) in [5, 5.41) is 11.0. The normalized spacial score (nSPS) is 12.0. The Morgan fingerprint density at radius 1 is 0.308 bits per heavy atom. The molecule has 0 radical (unpaired) electrons. The maximum atomic E-state index is 6.82. The van der Waals surface area contributed by atoms with Crippen molar-refractivity contribution in [3.63, 3.8) is 0 Å². The second kappa shape index (κ2) is 13.8. The first-order valence-electron chi connectivity index (χ1n) is 21.8. The summed E-state index contributed by atoms with van der Waals surface area (Å²) in [6.07, 6.45) is 0. The van der Waals surface area contributed by atoms with Gasteiger partial charge in [0.2, 0.25) is 0 Å². The van der Waals surface area contributed by atoms with Crippen molar-refractivity contribution in [1.29, 1.82) is 0 Å². The van der Waals surface area contributed by atoms with Gasteiger partial charge in [0.15, 0.2) is 17.5 Å². The molecule has 0 aliphatic carbocycles. The molecule has 0 N–H and O–H groups in total. The molecule has 0 bridgehead atoms. The predicted octanol–water partition coefficient (Wildman–Crippen LogP) is 15.7. The van der Waals surface area contributed by atoms with Crippen LogP contribution in [0.25, 0.3) is 138 Å². The Morgan fingerprint density at radius 3 is 1.80 bits per heavy atom. The van der Waals surface area contributed by atoms with Gasteiger partial charge in [-0.1, -0.05) is 140 Å². The highest BCUT2D eigenvalue weighted by molar-refractivity contribution is 6.20. The molecule has 0 amide bonds. The number of hydrogen-bond donors (Lipinski definition) is 0. The van der Waals surface area contributed by atoms with Crippen LogP contribution in [0.3, 0.4) is 0 Å². The molecule has 0 unspecified atom stereocenters. The van der Waals surface area contributed by atoms with Gasteiger partial charge in [-0.05, 0) is 93.3 Å². The third-order valence-electron chi connectivity index (χ3n) is 13.0. The van der Waals surface area contributed by atoms with Crippen LogP contribution in [0.15, 0.2) is 215 Å². The Balaban J connectivity index is 1.10. The fraction of sp³-hybridized carbons (Fsp3) is 0. The first-order chi connectivity index (χ1) is 32.2. The second-order valence-corrected chi connectivity index (χ2v) is 16.8. The van der Waals surface area contributed by atoms with Crippen LogP contribution in [-0.2, 0) is 0 Å². The quantitative estimate of drug-likeness (QED) is 0.173. The van der Waals surface area contributed by atoms with E-state index in [0.717, 1.165) is 115 Å². The van der Waals surface area contributed by atoms with E-state index >= 15 is 0 Å². The van der Waals surface area contributed by atoms with Crippen LogP contribution >= 0.6 is 0 Å². The van der Waals surface area contributed by atoms with E-state index < -0.39 is 0 Å². The van der Waals surface area contributed by atoms with Gasteiger partial charge in [-0.25, -0.2) is 15.0 Å². The summed E-state index contributed by atoms with van der Waals surface area (Å²) in [6, 6.07) is 72.2. The number of fused-ring (bicyclic) bond motifs is 12. The summed E-state index contributed by atoms with van der Waals surface area (Å²) in [7, 11) is 0. The van der Waals surface area contributed by atoms with Crippen molar-refractivity contribution in [2.75, 3.05) is 0 Å². The molecular formula is C59H34N4O2. The van der Waals surface area contributed by atoms with E-state index in [1.165, 1.54) is 5.39 Å². The molecule has 302 valence electrons. The molecule has 0 aliphatic heterocycles. The molecule has 0 saturated heterocycles. The summed E-state index contributed by atoms with van der Waals surface area (Å²) < 4.78 is 15.5. The molecule has 65 heavy (non-hydrogen) atoms. The number of rotatable bonds is 5. The van der Waals surface area contributed by atoms with Crippen LogP contribution in [0.1, 0.15) is 0 Å². The minimum absolute atomic E-state index is 0.547. The minimum atomic E-state index is 0.547. The van der Waals surface area contributed by atoms with E-state index in [1.807, 2.05) is 36.4 Å². The van der Waals surface area contributed by atoms with Gasteiger partial charge in [0.05, 0.1) is 16.7 Å². The average molecular weight is 831 g/mol. The van der Waals surface area contributed by atoms with Crippen LogP contribution in [-0.4, -0.2) is 19.5 Å². The molecule has 0 fully saturated rings. The first kappa shape index (κ1) is 35.7. The van der Waals surface area contributed by atoms with Gasteiger partial charge >= 0.3 is 0 Å². The van der Waals surface area contributed by atoms with Crippen molar-refractivity contribution >= 4 is 87.2 Å². The third-order valence-corrected chi connectivity index (χ3v) is 13.0. The van der Waals surface area contributed by atoms with Crippen LogP contribution in [0.5, 0.6) is 0 Å². The molecule has 4 aromatic heterocycles. The van der Waals surface area contributed by atoms with Crippen molar-refractivity contribution in [3.8, 4) is 51.0 Å². The van der Waals surface area contributed by atoms with Crippen LogP contribution in [0.2, 0.25) is 0 Å². The lowest BCUT2D eigenvalue weighted by molar-refractivity contribution is 0.668. The number of furan rings is 2. The fourth-order valence-corrected chi connectivity index (χ4v) is 9.95. The van der Waals surface area contributed by atoms with E-state index in [1.54, 1.807) is 0 Å². The van der Waals surface area contributed by atoms with Gasteiger partial charge in [-0.2, -0.15) is 0 Å². The predicted molar refractivity (Wildman–Crippen MR) is 265 cm³/mol. The summed E-state index contributed by atoms with van der Waals surface area (Å²) in [4.78, 5) is 16.2. The first-order valence-corrected chi connectivity index (χ1v) is 21.8. The summed E-state index contributed by atoms with van der Waals surface area (Å²) in [5.74, 6) is 1.68. The van der Waals surface area contributed by atoms with E-state index in [0.29, 0.717) is 17.5 Å². The highest BCUT2D eigenvalue weighted by atomic mass is 16.3. The third kappa shape index (κ3) is 5.57. The second-order valence-electron chi connectivity index (χ2n) is 16.8. The van der Waals surface area contributed by atoms with Crippen molar-refractivity contribution in [2.24, 2.45) is 0 Å². The lowest BCUT2D eigenvalue weighted by Gasteiger charge is -2.15. The zero-order valence-electron chi connectivity index (χ0n) is 34.7. The van der Waals surface area contributed by atoms with Gasteiger partial charge < -0.3 is 13.4 Å². The Kier molecular flexibility index (Phi) is 7.59. The number of nitrogens with zero attached hydrogens (tertiary/aromatic N) is 4. The Hall–Kier alpha value is -8.87. The molecule has 6 heteroatoms. The summed E-state index contributed by atoms with van der Waals surface area (Å²) in [5.41, 5.74) is 11.1. The van der Waals surface area contributed by atoms with Crippen molar-refractivity contribution in [2.45, 2.75) is 0 Å². The maximum Gasteiger partial charge on any atom is 0.166 e. The van der Waals surface area contributed by atoms with Crippen LogP contribution in [0, 0.1) is 0 Å². The van der Waals surface area contributed by atoms with E-state index in [9.17, 15) is 0 Å². The Bertz CT molecular complexity index is 4250.